The van der Waals surface area contributed by atoms with E-state index in [1.165, 1.54) is 0 Å². The van der Waals surface area contributed by atoms with Gasteiger partial charge in [0, 0.05) is 12.8 Å². The van der Waals surface area contributed by atoms with E-state index in [2.05, 4.69) is 5.92 Å². The monoisotopic (exact) mass is 134 g/mol. The van der Waals surface area contributed by atoms with Gasteiger partial charge >= 0.3 is 0 Å². The molecule has 0 fully saturated rings. The van der Waals surface area contributed by atoms with Crippen LogP contribution >= 0.6 is 0 Å². The van der Waals surface area contributed by atoms with Crippen molar-refractivity contribution in [2.45, 2.75) is 19.3 Å². The zero-order chi connectivity index (χ0) is 7.40. The highest BCUT2D eigenvalue weighted by Gasteiger charge is 2.10. The average Bonchev–Trinajstić information content (AvgIpc) is 1.95. The number of carbonyl (C=O) groups is 1. The number of hydrogen-bond acceptors (Lipinski definition) is 1. The highest BCUT2D eigenvalue weighted by atomic mass is 16.1. The minimum absolute atomic E-state index is 0.230. The number of rotatable bonds is 1. The van der Waals surface area contributed by atoms with Gasteiger partial charge in [0.1, 0.15) is 0 Å². The van der Waals surface area contributed by atoms with Gasteiger partial charge in [-0.2, -0.15) is 0 Å². The topological polar surface area (TPSA) is 17.1 Å². The maximum atomic E-state index is 10.7. The second-order valence-corrected chi connectivity index (χ2v) is 2.53. The molecule has 0 amide bonds. The molecule has 1 atom stereocenters. The summed E-state index contributed by atoms with van der Waals surface area (Å²) in [5, 5.41) is 0. The predicted octanol–water partition coefficient (Wildman–Crippen LogP) is 1.54. The standard InChI is InChI=1S/C9H10O/c1-2-3-8-4-6-9(10)7-5-8/h1,4,6,8H,3,5,7H2. The van der Waals surface area contributed by atoms with E-state index in [0.717, 1.165) is 12.8 Å². The third kappa shape index (κ3) is 1.73. The van der Waals surface area contributed by atoms with E-state index in [-0.39, 0.29) is 5.78 Å². The van der Waals surface area contributed by atoms with Crippen LogP contribution in [-0.4, -0.2) is 5.78 Å². The van der Waals surface area contributed by atoms with Crippen LogP contribution in [0.3, 0.4) is 0 Å². The number of terminal acetylenes is 1. The van der Waals surface area contributed by atoms with E-state index in [4.69, 9.17) is 6.42 Å². The average molecular weight is 134 g/mol. The first-order valence-electron chi connectivity index (χ1n) is 3.47. The van der Waals surface area contributed by atoms with E-state index in [0.29, 0.717) is 12.3 Å². The molecule has 0 aliphatic heterocycles. The second kappa shape index (κ2) is 3.22. The Hall–Kier alpha value is -1.03. The lowest BCUT2D eigenvalue weighted by atomic mass is 9.93. The summed E-state index contributed by atoms with van der Waals surface area (Å²) < 4.78 is 0. The van der Waals surface area contributed by atoms with Gasteiger partial charge < -0.3 is 0 Å². The fourth-order valence-electron chi connectivity index (χ4n) is 1.07. The first-order valence-corrected chi connectivity index (χ1v) is 3.47. The third-order valence-electron chi connectivity index (χ3n) is 1.70. The summed E-state index contributed by atoms with van der Waals surface area (Å²) in [5.41, 5.74) is 0. The minimum atomic E-state index is 0.230. The Kier molecular flexibility index (Phi) is 2.28. The number of hydrogen-bond donors (Lipinski definition) is 0. The molecule has 1 heteroatoms. The molecule has 1 rings (SSSR count). The smallest absolute Gasteiger partial charge is 0.155 e. The third-order valence-corrected chi connectivity index (χ3v) is 1.70. The highest BCUT2D eigenvalue weighted by molar-refractivity contribution is 5.90. The van der Waals surface area contributed by atoms with Crippen LogP contribution in [0.25, 0.3) is 0 Å². The maximum absolute atomic E-state index is 10.7. The van der Waals surface area contributed by atoms with E-state index in [1.54, 1.807) is 6.08 Å². The predicted molar refractivity (Wildman–Crippen MR) is 40.3 cm³/mol. The van der Waals surface area contributed by atoms with Crippen LogP contribution in [-0.2, 0) is 4.79 Å². The van der Waals surface area contributed by atoms with Crippen molar-refractivity contribution in [2.75, 3.05) is 0 Å². The highest BCUT2D eigenvalue weighted by Crippen LogP contribution is 2.17. The Balaban J connectivity index is 2.46. The fourth-order valence-corrected chi connectivity index (χ4v) is 1.07. The van der Waals surface area contributed by atoms with Gasteiger partial charge in [0.25, 0.3) is 0 Å². The molecule has 1 unspecified atom stereocenters. The van der Waals surface area contributed by atoms with Crippen molar-refractivity contribution < 1.29 is 4.79 Å². The molecule has 1 aliphatic rings. The molecule has 0 radical (unpaired) electrons. The van der Waals surface area contributed by atoms with Crippen molar-refractivity contribution in [3.8, 4) is 12.3 Å². The van der Waals surface area contributed by atoms with Crippen molar-refractivity contribution >= 4 is 5.78 Å². The van der Waals surface area contributed by atoms with Crippen LogP contribution in [0.15, 0.2) is 12.2 Å². The van der Waals surface area contributed by atoms with Gasteiger partial charge in [0.05, 0.1) is 0 Å². The van der Waals surface area contributed by atoms with Gasteiger partial charge in [-0.05, 0) is 18.4 Å². The normalized spacial score (nSPS) is 24.3. The molecule has 0 aromatic heterocycles. The van der Waals surface area contributed by atoms with E-state index >= 15 is 0 Å². The number of ketones is 1. The van der Waals surface area contributed by atoms with Gasteiger partial charge in [-0.3, -0.25) is 4.79 Å². The van der Waals surface area contributed by atoms with Crippen molar-refractivity contribution in [1.82, 2.24) is 0 Å². The van der Waals surface area contributed by atoms with Gasteiger partial charge in [0.2, 0.25) is 0 Å². The Morgan fingerprint density at radius 3 is 3.10 bits per heavy atom. The molecule has 0 saturated carbocycles. The molecule has 1 nitrogen and oxygen atoms in total. The van der Waals surface area contributed by atoms with Gasteiger partial charge in [-0.1, -0.05) is 6.08 Å². The van der Waals surface area contributed by atoms with Gasteiger partial charge in [-0.25, -0.2) is 0 Å². The lowest BCUT2D eigenvalue weighted by molar-refractivity contribution is -0.115. The lowest BCUT2D eigenvalue weighted by Crippen LogP contribution is -2.06. The molecule has 1 aliphatic carbocycles. The van der Waals surface area contributed by atoms with Gasteiger partial charge in [0.15, 0.2) is 5.78 Å². The Morgan fingerprint density at radius 2 is 2.60 bits per heavy atom. The van der Waals surface area contributed by atoms with E-state index < -0.39 is 0 Å². The molecule has 0 spiro atoms. The van der Waals surface area contributed by atoms with Crippen LogP contribution < -0.4 is 0 Å². The summed E-state index contributed by atoms with van der Waals surface area (Å²) in [5.74, 6) is 3.27. The fraction of sp³-hybridized carbons (Fsp3) is 0.444. The zero-order valence-corrected chi connectivity index (χ0v) is 5.84. The molecule has 52 valence electrons. The minimum Gasteiger partial charge on any atom is -0.295 e. The molecule has 0 aromatic carbocycles. The largest absolute Gasteiger partial charge is 0.295 e. The van der Waals surface area contributed by atoms with E-state index in [9.17, 15) is 4.79 Å². The Labute approximate surface area is 61.1 Å². The zero-order valence-electron chi connectivity index (χ0n) is 5.84. The Morgan fingerprint density at radius 1 is 1.80 bits per heavy atom. The van der Waals surface area contributed by atoms with Crippen molar-refractivity contribution in [1.29, 1.82) is 0 Å². The van der Waals surface area contributed by atoms with Crippen LogP contribution in [0.4, 0.5) is 0 Å². The molecule has 0 bridgehead atoms. The molecule has 10 heavy (non-hydrogen) atoms. The summed E-state index contributed by atoms with van der Waals surface area (Å²) in [6.45, 7) is 0. The molecule has 0 heterocycles. The van der Waals surface area contributed by atoms with Crippen molar-refractivity contribution in [2.24, 2.45) is 5.92 Å². The molecule has 0 N–H and O–H groups in total. The summed E-state index contributed by atoms with van der Waals surface area (Å²) in [4.78, 5) is 10.7. The lowest BCUT2D eigenvalue weighted by Gasteiger charge is -2.11. The summed E-state index contributed by atoms with van der Waals surface area (Å²) >= 11 is 0. The number of carbonyl (C=O) groups excluding carboxylic acids is 1. The number of allylic oxidation sites excluding steroid dienone is 2. The molecular weight excluding hydrogens is 124 g/mol. The summed E-state index contributed by atoms with van der Waals surface area (Å²) in [6, 6.07) is 0. The quantitative estimate of drug-likeness (QED) is 0.497. The van der Waals surface area contributed by atoms with Crippen LogP contribution in [0.2, 0.25) is 0 Å². The van der Waals surface area contributed by atoms with Gasteiger partial charge in [-0.15, -0.1) is 12.3 Å². The maximum Gasteiger partial charge on any atom is 0.155 e. The van der Waals surface area contributed by atoms with Crippen LogP contribution in [0, 0.1) is 18.3 Å². The summed E-state index contributed by atoms with van der Waals surface area (Å²) in [7, 11) is 0. The van der Waals surface area contributed by atoms with Crippen LogP contribution in [0.5, 0.6) is 0 Å². The van der Waals surface area contributed by atoms with E-state index in [1.807, 2.05) is 6.08 Å². The van der Waals surface area contributed by atoms with Crippen molar-refractivity contribution in [3.05, 3.63) is 12.2 Å². The molecular formula is C9H10O. The Bertz CT molecular complexity index is 195. The second-order valence-electron chi connectivity index (χ2n) is 2.53. The van der Waals surface area contributed by atoms with Crippen LogP contribution in [0.1, 0.15) is 19.3 Å². The molecule has 0 saturated heterocycles. The molecule has 0 aromatic rings. The van der Waals surface area contributed by atoms with Crippen molar-refractivity contribution in [3.63, 3.8) is 0 Å². The summed E-state index contributed by atoms with van der Waals surface area (Å²) in [6.07, 6.45) is 11.1. The first kappa shape index (κ1) is 7.08. The first-order chi connectivity index (χ1) is 4.83. The SMILES string of the molecule is C#CCC1C=CC(=O)CC1.